The Morgan fingerprint density at radius 3 is 2.56 bits per heavy atom. The summed E-state index contributed by atoms with van der Waals surface area (Å²) in [7, 11) is 0. The number of nitrogens with one attached hydrogen (secondary N) is 2. The summed E-state index contributed by atoms with van der Waals surface area (Å²) in [6.45, 7) is 2.05. The van der Waals surface area contributed by atoms with Gasteiger partial charge in [0.15, 0.2) is 4.99 Å². The zero-order valence-corrected chi connectivity index (χ0v) is 15.5. The standard InChI is InChI=1S/C17H21F3N2O4S/c1-2-26-15(25)5-3-4-8-27-16(10-14(23)24)21-12-7-6-11(17(18,19)20)9-13(12)22-16/h6-7,9,21-22H,2-5,8,10H2,1H3,(H,23,24). The molecule has 1 heterocycles. The number of rotatable bonds is 9. The molecule has 150 valence electrons. The highest BCUT2D eigenvalue weighted by Gasteiger charge is 2.40. The van der Waals surface area contributed by atoms with E-state index in [1.165, 1.54) is 17.8 Å². The summed E-state index contributed by atoms with van der Waals surface area (Å²) >= 11 is 1.26. The van der Waals surface area contributed by atoms with E-state index in [0.29, 0.717) is 30.9 Å². The second-order valence-corrected chi connectivity index (χ2v) is 7.41. The highest BCUT2D eigenvalue weighted by Crippen LogP contribution is 2.44. The van der Waals surface area contributed by atoms with Crippen LogP contribution in [0.25, 0.3) is 0 Å². The molecule has 0 bridgehead atoms. The quantitative estimate of drug-likeness (QED) is 0.420. The van der Waals surface area contributed by atoms with Crippen LogP contribution in [0.2, 0.25) is 0 Å². The van der Waals surface area contributed by atoms with E-state index in [4.69, 9.17) is 4.74 Å². The number of unbranched alkanes of at least 4 members (excludes halogenated alkanes) is 1. The van der Waals surface area contributed by atoms with Crippen molar-refractivity contribution in [2.24, 2.45) is 0 Å². The van der Waals surface area contributed by atoms with Crippen LogP contribution in [0.1, 0.15) is 38.2 Å². The summed E-state index contributed by atoms with van der Waals surface area (Å²) in [5, 5.41) is 15.1. The van der Waals surface area contributed by atoms with Gasteiger partial charge in [0.05, 0.1) is 30.0 Å². The Bertz CT molecular complexity index is 699. The van der Waals surface area contributed by atoms with E-state index in [-0.39, 0.29) is 24.5 Å². The van der Waals surface area contributed by atoms with Crippen molar-refractivity contribution in [1.29, 1.82) is 0 Å². The molecule has 0 aromatic heterocycles. The molecular formula is C17H21F3N2O4S. The van der Waals surface area contributed by atoms with Crippen LogP contribution in [-0.2, 0) is 20.5 Å². The van der Waals surface area contributed by atoms with Gasteiger partial charge in [0.1, 0.15) is 0 Å². The third kappa shape index (κ3) is 5.95. The number of thioether (sulfide) groups is 1. The molecule has 0 saturated carbocycles. The number of carboxylic acid groups (broad SMARTS) is 1. The van der Waals surface area contributed by atoms with Crippen molar-refractivity contribution in [3.8, 4) is 0 Å². The fourth-order valence-corrected chi connectivity index (χ4v) is 3.96. The molecule has 10 heteroatoms. The van der Waals surface area contributed by atoms with Crippen LogP contribution >= 0.6 is 11.8 Å². The van der Waals surface area contributed by atoms with E-state index in [2.05, 4.69) is 10.6 Å². The van der Waals surface area contributed by atoms with Gasteiger partial charge in [-0.3, -0.25) is 9.59 Å². The number of ether oxygens (including phenoxy) is 1. The molecule has 0 spiro atoms. The smallest absolute Gasteiger partial charge is 0.416 e. The minimum atomic E-state index is -4.48. The molecule has 6 nitrogen and oxygen atoms in total. The summed E-state index contributed by atoms with van der Waals surface area (Å²) in [4.78, 5) is 21.4. The van der Waals surface area contributed by atoms with Crippen molar-refractivity contribution in [1.82, 2.24) is 0 Å². The first kappa shape index (κ1) is 21.2. The number of hydrogen-bond acceptors (Lipinski definition) is 6. The van der Waals surface area contributed by atoms with Crippen molar-refractivity contribution in [3.05, 3.63) is 23.8 Å². The lowest BCUT2D eigenvalue weighted by molar-refractivity contribution is -0.143. The Hall–Kier alpha value is -2.10. The number of carbonyl (C=O) groups excluding carboxylic acids is 1. The van der Waals surface area contributed by atoms with Crippen LogP contribution < -0.4 is 10.6 Å². The first-order valence-electron chi connectivity index (χ1n) is 8.44. The van der Waals surface area contributed by atoms with Gasteiger partial charge in [-0.2, -0.15) is 13.2 Å². The summed E-state index contributed by atoms with van der Waals surface area (Å²) in [5.74, 6) is -0.850. The number of halogens is 3. The lowest BCUT2D eigenvalue weighted by Crippen LogP contribution is -2.40. The first-order valence-corrected chi connectivity index (χ1v) is 9.43. The van der Waals surface area contributed by atoms with E-state index in [1.807, 2.05) is 0 Å². The first-order chi connectivity index (χ1) is 12.6. The summed E-state index contributed by atoms with van der Waals surface area (Å²) < 4.78 is 43.5. The number of carbonyl (C=O) groups is 2. The van der Waals surface area contributed by atoms with Crippen LogP contribution in [0.4, 0.5) is 24.5 Å². The van der Waals surface area contributed by atoms with E-state index >= 15 is 0 Å². The molecule has 1 unspecified atom stereocenters. The Labute approximate surface area is 158 Å². The van der Waals surface area contributed by atoms with Gasteiger partial charge in [-0.05, 0) is 43.7 Å². The molecule has 2 rings (SSSR count). The average Bonchev–Trinajstić information content (AvgIpc) is 2.90. The Kier molecular flexibility index (Phi) is 6.85. The van der Waals surface area contributed by atoms with Gasteiger partial charge in [0.2, 0.25) is 0 Å². The fourth-order valence-electron chi connectivity index (χ4n) is 2.67. The third-order valence-corrected chi connectivity index (χ3v) is 5.18. The molecule has 1 aliphatic heterocycles. The van der Waals surface area contributed by atoms with E-state index in [9.17, 15) is 27.9 Å². The Morgan fingerprint density at radius 2 is 1.93 bits per heavy atom. The zero-order valence-electron chi connectivity index (χ0n) is 14.7. The van der Waals surface area contributed by atoms with E-state index in [1.54, 1.807) is 6.92 Å². The lowest BCUT2D eigenvalue weighted by atomic mass is 10.2. The highest BCUT2D eigenvalue weighted by molar-refractivity contribution is 8.00. The molecule has 0 radical (unpaired) electrons. The second kappa shape index (κ2) is 8.73. The second-order valence-electron chi connectivity index (χ2n) is 6.02. The number of aliphatic carboxylic acids is 1. The van der Waals surface area contributed by atoms with Gasteiger partial charge >= 0.3 is 18.1 Å². The molecule has 1 aromatic carbocycles. The topological polar surface area (TPSA) is 87.7 Å². The van der Waals surface area contributed by atoms with Crippen molar-refractivity contribution in [3.63, 3.8) is 0 Å². The normalized spacial score (nSPS) is 18.4. The number of alkyl halides is 3. The largest absolute Gasteiger partial charge is 0.481 e. The van der Waals surface area contributed by atoms with Crippen LogP contribution in [0.3, 0.4) is 0 Å². The van der Waals surface area contributed by atoms with Crippen LogP contribution in [0.5, 0.6) is 0 Å². The average molecular weight is 406 g/mol. The lowest BCUT2D eigenvalue weighted by Gasteiger charge is -2.28. The fraction of sp³-hybridized carbons (Fsp3) is 0.529. The number of anilines is 2. The van der Waals surface area contributed by atoms with Crippen molar-refractivity contribution < 1.29 is 32.6 Å². The SMILES string of the molecule is CCOC(=O)CCCCSC1(CC(=O)O)Nc2ccc(C(F)(F)F)cc2N1. The maximum atomic E-state index is 12.9. The summed E-state index contributed by atoms with van der Waals surface area (Å²) in [6, 6.07) is 3.21. The van der Waals surface area contributed by atoms with Crippen LogP contribution in [-0.4, -0.2) is 34.4 Å². The van der Waals surface area contributed by atoms with Crippen LogP contribution in [0, 0.1) is 0 Å². The molecule has 0 fully saturated rings. The molecule has 3 N–H and O–H groups in total. The minimum absolute atomic E-state index is 0.213. The number of hydrogen-bond donors (Lipinski definition) is 3. The molecule has 1 aliphatic rings. The molecule has 0 aliphatic carbocycles. The molecular weight excluding hydrogens is 385 g/mol. The van der Waals surface area contributed by atoms with Crippen molar-refractivity contribution in [2.75, 3.05) is 23.0 Å². The molecule has 1 aromatic rings. The van der Waals surface area contributed by atoms with Crippen molar-refractivity contribution >= 4 is 35.1 Å². The number of fused-ring (bicyclic) bond motifs is 1. The van der Waals surface area contributed by atoms with Crippen molar-refractivity contribution in [2.45, 2.75) is 43.8 Å². The predicted molar refractivity (Wildman–Crippen MR) is 96.6 cm³/mol. The molecule has 0 saturated heterocycles. The van der Waals surface area contributed by atoms with Crippen LogP contribution in [0.15, 0.2) is 18.2 Å². The molecule has 1 atom stereocenters. The van der Waals surface area contributed by atoms with E-state index in [0.717, 1.165) is 12.1 Å². The summed E-state index contributed by atoms with van der Waals surface area (Å²) in [5.41, 5.74) is -0.172. The maximum absolute atomic E-state index is 12.9. The Morgan fingerprint density at radius 1 is 1.22 bits per heavy atom. The zero-order chi connectivity index (χ0) is 20.1. The van der Waals surface area contributed by atoms with E-state index < -0.39 is 22.7 Å². The van der Waals surface area contributed by atoms with Gasteiger partial charge in [-0.1, -0.05) is 0 Å². The molecule has 0 amide bonds. The van der Waals surface area contributed by atoms with Gasteiger partial charge < -0.3 is 20.5 Å². The Balaban J connectivity index is 1.99. The maximum Gasteiger partial charge on any atom is 0.416 e. The minimum Gasteiger partial charge on any atom is -0.481 e. The van der Waals surface area contributed by atoms with Gasteiger partial charge in [0, 0.05) is 6.42 Å². The number of carboxylic acids is 1. The number of esters is 1. The molecule has 27 heavy (non-hydrogen) atoms. The van der Waals surface area contributed by atoms with Gasteiger partial charge in [-0.25, -0.2) is 0 Å². The third-order valence-electron chi connectivity index (χ3n) is 3.85. The van der Waals surface area contributed by atoms with Gasteiger partial charge in [-0.15, -0.1) is 11.8 Å². The summed E-state index contributed by atoms with van der Waals surface area (Å²) in [6.07, 6.45) is -3.31. The monoisotopic (exact) mass is 406 g/mol. The number of benzene rings is 1. The van der Waals surface area contributed by atoms with Gasteiger partial charge in [0.25, 0.3) is 0 Å². The predicted octanol–water partition coefficient (Wildman–Crippen LogP) is 4.14. The highest BCUT2D eigenvalue weighted by atomic mass is 32.2.